The number of carbonyl (C=O) groups is 1. The quantitative estimate of drug-likeness (QED) is 0.798. The van der Waals surface area contributed by atoms with Crippen LogP contribution >= 0.6 is 0 Å². The summed E-state index contributed by atoms with van der Waals surface area (Å²) in [4.78, 5) is 21.3. The summed E-state index contributed by atoms with van der Waals surface area (Å²) < 4.78 is 0. The molecule has 0 unspecified atom stereocenters. The highest BCUT2D eigenvalue weighted by Gasteiger charge is 2.28. The van der Waals surface area contributed by atoms with Gasteiger partial charge >= 0.3 is 0 Å². The van der Waals surface area contributed by atoms with Crippen LogP contribution < -0.4 is 5.32 Å². The van der Waals surface area contributed by atoms with Crippen LogP contribution in [0.2, 0.25) is 0 Å². The fourth-order valence-corrected chi connectivity index (χ4v) is 1.83. The van der Waals surface area contributed by atoms with Crippen LogP contribution in [0.5, 0.6) is 0 Å². The molecule has 5 heteroatoms. The Kier molecular flexibility index (Phi) is 2.77. The van der Waals surface area contributed by atoms with Crippen LogP contribution in [0.1, 0.15) is 18.4 Å². The number of nitrogens with zero attached hydrogens (tertiary/aromatic N) is 3. The molecule has 5 nitrogen and oxygen atoms in total. The zero-order valence-electron chi connectivity index (χ0n) is 9.82. The Bertz CT molecular complexity index is 392. The highest BCUT2D eigenvalue weighted by molar-refractivity contribution is 5.74. The van der Waals surface area contributed by atoms with E-state index in [2.05, 4.69) is 15.3 Å². The molecule has 2 rings (SSSR count). The molecule has 1 amide bonds. The van der Waals surface area contributed by atoms with Gasteiger partial charge in [-0.15, -0.1) is 0 Å². The molecular weight excluding hydrogens is 204 g/mol. The first-order chi connectivity index (χ1) is 7.54. The Hall–Kier alpha value is -1.65. The highest BCUT2D eigenvalue weighted by Crippen LogP contribution is 2.14. The zero-order chi connectivity index (χ0) is 11.7. The number of aryl methyl sites for hydroxylation is 2. The van der Waals surface area contributed by atoms with E-state index in [1.165, 1.54) is 0 Å². The number of rotatable bonds is 2. The van der Waals surface area contributed by atoms with E-state index in [-0.39, 0.29) is 5.91 Å². The summed E-state index contributed by atoms with van der Waals surface area (Å²) in [6, 6.07) is 2.24. The lowest BCUT2D eigenvalue weighted by molar-refractivity contribution is -0.132. The summed E-state index contributed by atoms with van der Waals surface area (Å²) in [7, 11) is 0. The van der Waals surface area contributed by atoms with Crippen LogP contribution in [-0.4, -0.2) is 39.9 Å². The smallest absolute Gasteiger partial charge is 0.219 e. The normalized spacial score (nSPS) is 15.8. The van der Waals surface area contributed by atoms with Crippen LogP contribution in [0.25, 0.3) is 0 Å². The maximum absolute atomic E-state index is 11.0. The molecule has 1 aromatic heterocycles. The maximum Gasteiger partial charge on any atom is 0.219 e. The standard InChI is InChI=1S/C11H16N4O/c1-7-4-11(13-8(2)12-7)14-10-5-15(6-10)9(3)16/h4,10H,5-6H2,1-3H3,(H,12,13,14). The second-order valence-electron chi connectivity index (χ2n) is 4.21. The molecule has 0 aliphatic carbocycles. The van der Waals surface area contributed by atoms with Gasteiger partial charge < -0.3 is 10.2 Å². The molecule has 16 heavy (non-hydrogen) atoms. The third-order valence-electron chi connectivity index (χ3n) is 2.64. The van der Waals surface area contributed by atoms with E-state index in [0.717, 1.165) is 30.4 Å². The van der Waals surface area contributed by atoms with E-state index < -0.39 is 0 Å². The van der Waals surface area contributed by atoms with Crippen molar-refractivity contribution in [2.45, 2.75) is 26.8 Å². The molecule has 86 valence electrons. The second-order valence-corrected chi connectivity index (χ2v) is 4.21. The average molecular weight is 220 g/mol. The first kappa shape index (κ1) is 10.9. The molecule has 1 aromatic rings. The monoisotopic (exact) mass is 220 g/mol. The number of likely N-dealkylation sites (tertiary alicyclic amines) is 1. The predicted molar refractivity (Wildman–Crippen MR) is 61.2 cm³/mol. The number of carbonyl (C=O) groups excluding carboxylic acids is 1. The number of anilines is 1. The van der Waals surface area contributed by atoms with E-state index >= 15 is 0 Å². The van der Waals surface area contributed by atoms with Crippen molar-refractivity contribution in [2.24, 2.45) is 0 Å². The third-order valence-corrected chi connectivity index (χ3v) is 2.64. The zero-order valence-corrected chi connectivity index (χ0v) is 9.82. The number of hydrogen-bond acceptors (Lipinski definition) is 4. The largest absolute Gasteiger partial charge is 0.364 e. The van der Waals surface area contributed by atoms with Crippen LogP contribution in [0.15, 0.2) is 6.07 Å². The summed E-state index contributed by atoms with van der Waals surface area (Å²) in [5.74, 6) is 1.75. The van der Waals surface area contributed by atoms with E-state index in [0.29, 0.717) is 6.04 Å². The van der Waals surface area contributed by atoms with Crippen molar-refractivity contribution in [3.63, 3.8) is 0 Å². The molecule has 1 N–H and O–H groups in total. The van der Waals surface area contributed by atoms with Gasteiger partial charge in [0.05, 0.1) is 6.04 Å². The van der Waals surface area contributed by atoms with Crippen molar-refractivity contribution in [2.75, 3.05) is 18.4 Å². The molecule has 0 saturated carbocycles. The lowest BCUT2D eigenvalue weighted by Crippen LogP contribution is -2.56. The summed E-state index contributed by atoms with van der Waals surface area (Å²) in [6.07, 6.45) is 0. The Labute approximate surface area is 94.9 Å². The number of amides is 1. The SMILES string of the molecule is CC(=O)N1CC(Nc2cc(C)nc(C)n2)C1. The van der Waals surface area contributed by atoms with Crippen LogP contribution in [0.3, 0.4) is 0 Å². The molecular formula is C11H16N4O. The molecule has 1 fully saturated rings. The molecule has 0 bridgehead atoms. The number of nitrogens with one attached hydrogen (secondary N) is 1. The van der Waals surface area contributed by atoms with Gasteiger partial charge in [-0.05, 0) is 13.8 Å². The van der Waals surface area contributed by atoms with Crippen molar-refractivity contribution in [1.82, 2.24) is 14.9 Å². The van der Waals surface area contributed by atoms with Gasteiger partial charge in [-0.25, -0.2) is 9.97 Å². The first-order valence-corrected chi connectivity index (χ1v) is 5.39. The summed E-state index contributed by atoms with van der Waals surface area (Å²) in [5.41, 5.74) is 0.956. The molecule has 0 aromatic carbocycles. The maximum atomic E-state index is 11.0. The van der Waals surface area contributed by atoms with Crippen LogP contribution in [0, 0.1) is 13.8 Å². The van der Waals surface area contributed by atoms with Gasteiger partial charge in [0.1, 0.15) is 11.6 Å². The number of hydrogen-bond donors (Lipinski definition) is 1. The van der Waals surface area contributed by atoms with Gasteiger partial charge in [0.25, 0.3) is 0 Å². The molecule has 1 aliphatic rings. The first-order valence-electron chi connectivity index (χ1n) is 5.39. The molecule has 0 spiro atoms. The van der Waals surface area contributed by atoms with Crippen molar-refractivity contribution in [3.05, 3.63) is 17.6 Å². The van der Waals surface area contributed by atoms with Crippen molar-refractivity contribution in [1.29, 1.82) is 0 Å². The molecule has 0 radical (unpaired) electrons. The molecule has 1 aliphatic heterocycles. The fraction of sp³-hybridized carbons (Fsp3) is 0.545. The lowest BCUT2D eigenvalue weighted by atomic mass is 10.1. The highest BCUT2D eigenvalue weighted by atomic mass is 16.2. The molecule has 1 saturated heterocycles. The average Bonchev–Trinajstić information content (AvgIpc) is 2.08. The van der Waals surface area contributed by atoms with Gasteiger partial charge in [-0.3, -0.25) is 4.79 Å². The van der Waals surface area contributed by atoms with Gasteiger partial charge in [0.2, 0.25) is 5.91 Å². The van der Waals surface area contributed by atoms with E-state index in [1.807, 2.05) is 19.9 Å². The van der Waals surface area contributed by atoms with E-state index in [9.17, 15) is 4.79 Å². The Balaban J connectivity index is 1.94. The molecule has 0 atom stereocenters. The van der Waals surface area contributed by atoms with Crippen LogP contribution in [-0.2, 0) is 4.79 Å². The summed E-state index contributed by atoms with van der Waals surface area (Å²) in [6.45, 7) is 6.94. The van der Waals surface area contributed by atoms with Gasteiger partial charge in [-0.2, -0.15) is 0 Å². The lowest BCUT2D eigenvalue weighted by Gasteiger charge is -2.39. The second kappa shape index (κ2) is 4.08. The molecule has 2 heterocycles. The topological polar surface area (TPSA) is 58.1 Å². The fourth-order valence-electron chi connectivity index (χ4n) is 1.83. The van der Waals surface area contributed by atoms with E-state index in [1.54, 1.807) is 11.8 Å². The summed E-state index contributed by atoms with van der Waals surface area (Å²) >= 11 is 0. The predicted octanol–water partition coefficient (Wildman–Crippen LogP) is 0.736. The minimum absolute atomic E-state index is 0.132. The Morgan fingerprint density at radius 2 is 2.12 bits per heavy atom. The number of aromatic nitrogens is 2. The van der Waals surface area contributed by atoms with E-state index in [4.69, 9.17) is 0 Å². The Morgan fingerprint density at radius 1 is 1.44 bits per heavy atom. The van der Waals surface area contributed by atoms with Crippen molar-refractivity contribution in [3.8, 4) is 0 Å². The summed E-state index contributed by atoms with van der Waals surface area (Å²) in [5, 5.41) is 3.30. The third kappa shape index (κ3) is 2.29. The minimum atomic E-state index is 0.132. The van der Waals surface area contributed by atoms with Gasteiger partial charge in [0.15, 0.2) is 0 Å². The van der Waals surface area contributed by atoms with Gasteiger partial charge in [-0.1, -0.05) is 0 Å². The van der Waals surface area contributed by atoms with Crippen molar-refractivity contribution < 1.29 is 4.79 Å². The van der Waals surface area contributed by atoms with Crippen LogP contribution in [0.4, 0.5) is 5.82 Å². The minimum Gasteiger partial charge on any atom is -0.364 e. The Morgan fingerprint density at radius 3 is 2.69 bits per heavy atom. The van der Waals surface area contributed by atoms with Crippen molar-refractivity contribution >= 4 is 11.7 Å². The van der Waals surface area contributed by atoms with Gasteiger partial charge in [0, 0.05) is 31.8 Å².